The zero-order valence-corrected chi connectivity index (χ0v) is 17.9. The summed E-state index contributed by atoms with van der Waals surface area (Å²) in [6.45, 7) is -0.169. The first-order valence-electron chi connectivity index (χ1n) is 10.8. The highest BCUT2D eigenvalue weighted by Gasteiger charge is 2.36. The van der Waals surface area contributed by atoms with Crippen LogP contribution in [0.3, 0.4) is 0 Å². The zero-order valence-electron chi connectivity index (χ0n) is 17.9. The van der Waals surface area contributed by atoms with Gasteiger partial charge in [0.25, 0.3) is 5.91 Å². The molecule has 1 saturated heterocycles. The van der Waals surface area contributed by atoms with Crippen molar-refractivity contribution in [2.45, 2.75) is 6.42 Å². The van der Waals surface area contributed by atoms with Crippen LogP contribution in [0.15, 0.2) is 84.9 Å². The molecular weight excluding hydrogens is 416 g/mol. The quantitative estimate of drug-likeness (QED) is 0.465. The summed E-state index contributed by atoms with van der Waals surface area (Å²) in [6, 6.07) is 26.9. The van der Waals surface area contributed by atoms with E-state index in [0.29, 0.717) is 5.69 Å². The molecule has 4 aromatic rings. The number of benzene rings is 4. The van der Waals surface area contributed by atoms with E-state index in [1.54, 1.807) is 11.0 Å². The third-order valence-electron chi connectivity index (χ3n) is 5.93. The van der Waals surface area contributed by atoms with Crippen molar-refractivity contribution in [2.75, 3.05) is 23.4 Å². The molecule has 0 unspecified atom stereocenters. The molecule has 1 N–H and O–H groups in total. The number of carbonyl (C=O) groups is 3. The fourth-order valence-corrected chi connectivity index (χ4v) is 4.32. The maximum absolute atomic E-state index is 12.7. The number of nitrogens with zero attached hydrogens (tertiary/aromatic N) is 1. The van der Waals surface area contributed by atoms with Gasteiger partial charge in [-0.15, -0.1) is 0 Å². The van der Waals surface area contributed by atoms with Gasteiger partial charge in [-0.05, 0) is 22.9 Å². The van der Waals surface area contributed by atoms with E-state index in [0.717, 1.165) is 27.2 Å². The summed E-state index contributed by atoms with van der Waals surface area (Å²) in [6.07, 6.45) is 0.0625. The van der Waals surface area contributed by atoms with Gasteiger partial charge in [0.2, 0.25) is 5.91 Å². The summed E-state index contributed by atoms with van der Waals surface area (Å²) in [5.74, 6) is -1.70. The Labute approximate surface area is 190 Å². The summed E-state index contributed by atoms with van der Waals surface area (Å²) in [4.78, 5) is 39.3. The highest BCUT2D eigenvalue weighted by atomic mass is 16.5. The van der Waals surface area contributed by atoms with Crippen LogP contribution in [0.2, 0.25) is 0 Å². The lowest BCUT2D eigenvalue weighted by Crippen LogP contribution is -2.28. The number of ether oxygens (including phenoxy) is 1. The van der Waals surface area contributed by atoms with Crippen molar-refractivity contribution in [3.63, 3.8) is 0 Å². The number of nitrogens with one attached hydrogen (secondary N) is 1. The fraction of sp³-hybridized carbons (Fsp3) is 0.148. The smallest absolute Gasteiger partial charge is 0.311 e. The van der Waals surface area contributed by atoms with E-state index in [1.807, 2.05) is 78.9 Å². The molecule has 1 aliphatic rings. The second-order valence-electron chi connectivity index (χ2n) is 8.09. The molecular formula is C27H22N2O4. The Balaban J connectivity index is 1.22. The standard InChI is InChI=1S/C27H22N2O4/c30-25(28-23-13-5-9-18-7-1-3-11-21(18)23)17-33-27(32)20-15-26(31)29(16-20)24-14-6-10-19-8-2-4-12-22(19)24/h1-14,20H,15-17H2,(H,28,30)/t20-/m1/s1. The molecule has 0 aliphatic carbocycles. The minimum absolute atomic E-state index is 0.0625. The topological polar surface area (TPSA) is 75.7 Å². The van der Waals surface area contributed by atoms with Crippen molar-refractivity contribution in [1.29, 1.82) is 0 Å². The molecule has 6 heteroatoms. The van der Waals surface area contributed by atoms with Crippen LogP contribution in [0.4, 0.5) is 11.4 Å². The average Bonchev–Trinajstić information content (AvgIpc) is 3.24. The number of hydrogen-bond acceptors (Lipinski definition) is 4. The molecule has 1 fully saturated rings. The molecule has 1 atom stereocenters. The average molecular weight is 438 g/mol. The van der Waals surface area contributed by atoms with Gasteiger partial charge in [0, 0.05) is 29.4 Å². The molecule has 1 aliphatic heterocycles. The van der Waals surface area contributed by atoms with Gasteiger partial charge in [-0.2, -0.15) is 0 Å². The van der Waals surface area contributed by atoms with Crippen molar-refractivity contribution >= 4 is 50.7 Å². The molecule has 0 spiro atoms. The SMILES string of the molecule is O=C(COC(=O)[C@@H]1CC(=O)N(c2cccc3ccccc23)C1)Nc1cccc2ccccc12. The highest BCUT2D eigenvalue weighted by Crippen LogP contribution is 2.32. The predicted octanol–water partition coefficient (Wildman–Crippen LogP) is 4.53. The number of amides is 2. The van der Waals surface area contributed by atoms with Gasteiger partial charge in [0.05, 0.1) is 11.6 Å². The van der Waals surface area contributed by atoms with Crippen LogP contribution in [-0.4, -0.2) is 30.9 Å². The van der Waals surface area contributed by atoms with Gasteiger partial charge >= 0.3 is 5.97 Å². The molecule has 0 aromatic heterocycles. The predicted molar refractivity (Wildman–Crippen MR) is 128 cm³/mol. The minimum Gasteiger partial charge on any atom is -0.455 e. The Kier molecular flexibility index (Phi) is 5.48. The van der Waals surface area contributed by atoms with Gasteiger partial charge in [-0.25, -0.2) is 0 Å². The number of fused-ring (bicyclic) bond motifs is 2. The summed E-state index contributed by atoms with van der Waals surface area (Å²) in [7, 11) is 0. The summed E-state index contributed by atoms with van der Waals surface area (Å²) >= 11 is 0. The molecule has 4 aromatic carbocycles. The molecule has 1 heterocycles. The van der Waals surface area contributed by atoms with E-state index in [1.165, 1.54) is 0 Å². The molecule has 5 rings (SSSR count). The lowest BCUT2D eigenvalue weighted by atomic mass is 10.1. The van der Waals surface area contributed by atoms with E-state index < -0.39 is 24.4 Å². The molecule has 164 valence electrons. The first-order chi connectivity index (χ1) is 16.1. The number of anilines is 2. The second-order valence-corrected chi connectivity index (χ2v) is 8.09. The third-order valence-corrected chi connectivity index (χ3v) is 5.93. The van der Waals surface area contributed by atoms with Gasteiger partial charge in [-0.1, -0.05) is 72.8 Å². The summed E-state index contributed by atoms with van der Waals surface area (Å²) in [5, 5.41) is 6.70. The van der Waals surface area contributed by atoms with E-state index in [2.05, 4.69) is 5.32 Å². The molecule has 0 saturated carbocycles. The Morgan fingerprint density at radius 3 is 2.27 bits per heavy atom. The van der Waals surface area contributed by atoms with E-state index in [9.17, 15) is 14.4 Å². The van der Waals surface area contributed by atoms with E-state index in [4.69, 9.17) is 4.74 Å². The molecule has 6 nitrogen and oxygen atoms in total. The van der Waals surface area contributed by atoms with Crippen molar-refractivity contribution in [1.82, 2.24) is 0 Å². The first kappa shape index (κ1) is 20.7. The fourth-order valence-electron chi connectivity index (χ4n) is 4.32. The lowest BCUT2D eigenvalue weighted by Gasteiger charge is -2.18. The normalized spacial score (nSPS) is 15.7. The molecule has 33 heavy (non-hydrogen) atoms. The Hall–Kier alpha value is -4.19. The minimum atomic E-state index is -0.609. The van der Waals surface area contributed by atoms with E-state index >= 15 is 0 Å². The van der Waals surface area contributed by atoms with Gasteiger partial charge < -0.3 is 15.0 Å². The maximum Gasteiger partial charge on any atom is 0.311 e. The number of hydrogen-bond donors (Lipinski definition) is 1. The van der Waals surface area contributed by atoms with Crippen molar-refractivity contribution in [3.8, 4) is 0 Å². The maximum atomic E-state index is 12.7. The summed E-state index contributed by atoms with van der Waals surface area (Å²) < 4.78 is 5.26. The lowest BCUT2D eigenvalue weighted by molar-refractivity contribution is -0.151. The van der Waals surface area contributed by atoms with Gasteiger partial charge in [0.15, 0.2) is 6.61 Å². The highest BCUT2D eigenvalue weighted by molar-refractivity contribution is 6.07. The first-order valence-corrected chi connectivity index (χ1v) is 10.8. The van der Waals surface area contributed by atoms with E-state index in [-0.39, 0.29) is 18.9 Å². The summed E-state index contributed by atoms with van der Waals surface area (Å²) in [5.41, 5.74) is 1.44. The van der Waals surface area contributed by atoms with Crippen molar-refractivity contribution < 1.29 is 19.1 Å². The van der Waals surface area contributed by atoms with Crippen molar-refractivity contribution in [2.24, 2.45) is 5.92 Å². The Morgan fingerprint density at radius 1 is 0.848 bits per heavy atom. The van der Waals surface area contributed by atoms with Gasteiger partial charge in [0.1, 0.15) is 0 Å². The largest absolute Gasteiger partial charge is 0.455 e. The second kappa shape index (κ2) is 8.74. The van der Waals surface area contributed by atoms with Crippen LogP contribution in [0.5, 0.6) is 0 Å². The number of esters is 1. The zero-order chi connectivity index (χ0) is 22.8. The van der Waals surface area contributed by atoms with Crippen molar-refractivity contribution in [3.05, 3.63) is 84.9 Å². The molecule has 0 radical (unpaired) electrons. The monoisotopic (exact) mass is 438 g/mol. The third kappa shape index (κ3) is 4.15. The van der Waals surface area contributed by atoms with Crippen LogP contribution >= 0.6 is 0 Å². The Bertz CT molecular complexity index is 1370. The molecule has 0 bridgehead atoms. The number of carbonyl (C=O) groups excluding carboxylic acids is 3. The van der Waals surface area contributed by atoms with Crippen LogP contribution in [0.1, 0.15) is 6.42 Å². The van der Waals surface area contributed by atoms with Crippen LogP contribution in [-0.2, 0) is 19.1 Å². The van der Waals surface area contributed by atoms with Crippen LogP contribution in [0, 0.1) is 5.92 Å². The molecule has 2 amide bonds. The Morgan fingerprint density at radius 2 is 1.48 bits per heavy atom. The van der Waals surface area contributed by atoms with Gasteiger partial charge in [-0.3, -0.25) is 14.4 Å². The van der Waals surface area contributed by atoms with Crippen LogP contribution in [0.25, 0.3) is 21.5 Å². The number of rotatable bonds is 5. The van der Waals surface area contributed by atoms with Crippen LogP contribution < -0.4 is 10.2 Å².